The standard InChI is InChI=1S/C19H16BrN3O2S/c1-2-9-21-17(24)13-5-3-12(4-6-13)11-23-18(25)15-10-14(20)7-8-16(15)22-19(23)26/h2-8,10H,1,9,11H2,(H,21,24)(H,22,26). The summed E-state index contributed by atoms with van der Waals surface area (Å²) in [6.45, 7) is 4.31. The van der Waals surface area contributed by atoms with E-state index < -0.39 is 0 Å². The first kappa shape index (κ1) is 18.3. The van der Waals surface area contributed by atoms with Crippen molar-refractivity contribution in [3.05, 3.63) is 85.8 Å². The number of carbonyl (C=O) groups is 1. The summed E-state index contributed by atoms with van der Waals surface area (Å²) in [5, 5.41) is 3.29. The topological polar surface area (TPSA) is 66.9 Å². The molecule has 0 atom stereocenters. The molecule has 0 fully saturated rings. The van der Waals surface area contributed by atoms with Crippen molar-refractivity contribution < 1.29 is 4.79 Å². The maximum absolute atomic E-state index is 12.8. The van der Waals surface area contributed by atoms with E-state index in [1.54, 1.807) is 24.3 Å². The maximum Gasteiger partial charge on any atom is 0.262 e. The van der Waals surface area contributed by atoms with Gasteiger partial charge in [0.1, 0.15) is 0 Å². The molecule has 0 saturated heterocycles. The van der Waals surface area contributed by atoms with Crippen molar-refractivity contribution in [3.8, 4) is 0 Å². The maximum atomic E-state index is 12.8. The van der Waals surface area contributed by atoms with Crippen molar-refractivity contribution in [1.82, 2.24) is 14.9 Å². The van der Waals surface area contributed by atoms with Gasteiger partial charge in [0, 0.05) is 16.6 Å². The lowest BCUT2D eigenvalue weighted by Gasteiger charge is -2.09. The zero-order valence-corrected chi connectivity index (χ0v) is 16.2. The van der Waals surface area contributed by atoms with E-state index in [4.69, 9.17) is 12.2 Å². The van der Waals surface area contributed by atoms with Crippen LogP contribution < -0.4 is 10.9 Å². The number of aromatic nitrogens is 2. The highest BCUT2D eigenvalue weighted by Crippen LogP contribution is 2.15. The van der Waals surface area contributed by atoms with Crippen LogP contribution in [0.5, 0.6) is 0 Å². The summed E-state index contributed by atoms with van der Waals surface area (Å²) in [4.78, 5) is 27.8. The van der Waals surface area contributed by atoms with Crippen LogP contribution >= 0.6 is 28.1 Å². The monoisotopic (exact) mass is 429 g/mol. The Morgan fingerprint density at radius 1 is 1.27 bits per heavy atom. The minimum Gasteiger partial charge on any atom is -0.349 e. The van der Waals surface area contributed by atoms with Gasteiger partial charge in [-0.05, 0) is 48.1 Å². The molecule has 0 unspecified atom stereocenters. The van der Waals surface area contributed by atoms with Crippen LogP contribution in [0.15, 0.2) is 64.4 Å². The van der Waals surface area contributed by atoms with Gasteiger partial charge >= 0.3 is 0 Å². The number of amides is 1. The van der Waals surface area contributed by atoms with E-state index in [2.05, 4.69) is 32.8 Å². The molecule has 0 aliphatic rings. The molecule has 0 aliphatic heterocycles. The second-order valence-corrected chi connectivity index (χ2v) is 7.01. The Labute approximate surface area is 163 Å². The largest absolute Gasteiger partial charge is 0.349 e. The van der Waals surface area contributed by atoms with Crippen LogP contribution in [0.25, 0.3) is 10.9 Å². The van der Waals surface area contributed by atoms with Crippen LogP contribution in [0.4, 0.5) is 0 Å². The fraction of sp³-hybridized carbons (Fsp3) is 0.105. The predicted octanol–water partition coefficient (Wildman–Crippen LogP) is 3.79. The van der Waals surface area contributed by atoms with E-state index in [-0.39, 0.29) is 11.5 Å². The number of carbonyl (C=O) groups excluding carboxylic acids is 1. The number of rotatable bonds is 5. The van der Waals surface area contributed by atoms with Crippen LogP contribution in [0.3, 0.4) is 0 Å². The summed E-state index contributed by atoms with van der Waals surface area (Å²) in [6.07, 6.45) is 1.62. The Bertz CT molecular complexity index is 1100. The van der Waals surface area contributed by atoms with E-state index in [1.165, 1.54) is 4.57 Å². The molecule has 5 nitrogen and oxygen atoms in total. The van der Waals surface area contributed by atoms with Crippen molar-refractivity contribution in [2.24, 2.45) is 0 Å². The van der Waals surface area contributed by atoms with Gasteiger partial charge in [-0.15, -0.1) is 6.58 Å². The molecule has 26 heavy (non-hydrogen) atoms. The van der Waals surface area contributed by atoms with Crippen molar-refractivity contribution in [1.29, 1.82) is 0 Å². The molecule has 7 heteroatoms. The lowest BCUT2D eigenvalue weighted by molar-refractivity contribution is 0.0958. The van der Waals surface area contributed by atoms with Gasteiger partial charge in [0.25, 0.3) is 11.5 Å². The molecular weight excluding hydrogens is 414 g/mol. The van der Waals surface area contributed by atoms with Gasteiger partial charge in [0.15, 0.2) is 4.77 Å². The smallest absolute Gasteiger partial charge is 0.262 e. The summed E-state index contributed by atoms with van der Waals surface area (Å²) in [6, 6.07) is 12.5. The molecule has 132 valence electrons. The van der Waals surface area contributed by atoms with Crippen molar-refractivity contribution in [2.45, 2.75) is 6.54 Å². The zero-order valence-electron chi connectivity index (χ0n) is 13.8. The number of aromatic amines is 1. The minimum atomic E-state index is -0.165. The Morgan fingerprint density at radius 2 is 2.00 bits per heavy atom. The number of H-pyrrole nitrogens is 1. The average molecular weight is 430 g/mol. The predicted molar refractivity (Wildman–Crippen MR) is 109 cm³/mol. The van der Waals surface area contributed by atoms with Crippen LogP contribution in [0.1, 0.15) is 15.9 Å². The highest BCUT2D eigenvalue weighted by Gasteiger charge is 2.08. The SMILES string of the molecule is C=CCNC(=O)c1ccc(Cn2c(=S)[nH]c3ccc(Br)cc3c2=O)cc1. The number of halogens is 1. The van der Waals surface area contributed by atoms with E-state index in [0.29, 0.717) is 34.3 Å². The molecule has 1 heterocycles. The first-order chi connectivity index (χ1) is 12.5. The number of benzene rings is 2. The molecule has 2 aromatic carbocycles. The number of hydrogen-bond acceptors (Lipinski definition) is 3. The second kappa shape index (κ2) is 7.80. The molecule has 1 amide bonds. The van der Waals surface area contributed by atoms with Gasteiger partial charge in [-0.1, -0.05) is 34.1 Å². The van der Waals surface area contributed by atoms with Crippen LogP contribution in [-0.2, 0) is 6.54 Å². The van der Waals surface area contributed by atoms with Crippen LogP contribution in [0.2, 0.25) is 0 Å². The molecular formula is C19H16BrN3O2S. The van der Waals surface area contributed by atoms with Gasteiger partial charge in [0.05, 0.1) is 17.4 Å². The summed E-state index contributed by atoms with van der Waals surface area (Å²) < 4.78 is 2.70. The minimum absolute atomic E-state index is 0.155. The Morgan fingerprint density at radius 3 is 2.69 bits per heavy atom. The lowest BCUT2D eigenvalue weighted by atomic mass is 10.1. The molecule has 3 aromatic rings. The fourth-order valence-electron chi connectivity index (χ4n) is 2.58. The average Bonchev–Trinajstić information content (AvgIpc) is 2.64. The number of nitrogens with zero attached hydrogens (tertiary/aromatic N) is 1. The van der Waals surface area contributed by atoms with E-state index >= 15 is 0 Å². The highest BCUT2D eigenvalue weighted by molar-refractivity contribution is 9.10. The van der Waals surface area contributed by atoms with Crippen molar-refractivity contribution in [3.63, 3.8) is 0 Å². The third-order valence-corrected chi connectivity index (χ3v) is 4.72. The highest BCUT2D eigenvalue weighted by atomic mass is 79.9. The molecule has 0 radical (unpaired) electrons. The fourth-order valence-corrected chi connectivity index (χ4v) is 3.20. The summed E-state index contributed by atoms with van der Waals surface area (Å²) in [7, 11) is 0. The Hall–Kier alpha value is -2.51. The molecule has 1 aromatic heterocycles. The van der Waals surface area contributed by atoms with E-state index in [9.17, 15) is 9.59 Å². The summed E-state index contributed by atoms with van der Waals surface area (Å²) in [5.74, 6) is -0.165. The quantitative estimate of drug-likeness (QED) is 0.478. The van der Waals surface area contributed by atoms with Crippen molar-refractivity contribution >= 4 is 45.0 Å². The molecule has 0 saturated carbocycles. The van der Waals surface area contributed by atoms with Gasteiger partial charge in [-0.25, -0.2) is 0 Å². The Kier molecular flexibility index (Phi) is 5.49. The lowest BCUT2D eigenvalue weighted by Crippen LogP contribution is -2.24. The van der Waals surface area contributed by atoms with Gasteiger partial charge in [0.2, 0.25) is 0 Å². The van der Waals surface area contributed by atoms with Gasteiger partial charge in [-0.2, -0.15) is 0 Å². The van der Waals surface area contributed by atoms with Gasteiger partial charge < -0.3 is 10.3 Å². The van der Waals surface area contributed by atoms with Crippen LogP contribution in [0, 0.1) is 4.77 Å². The summed E-state index contributed by atoms with van der Waals surface area (Å²) in [5.41, 5.74) is 1.98. The number of fused-ring (bicyclic) bond motifs is 1. The molecule has 2 N–H and O–H groups in total. The number of nitrogens with one attached hydrogen (secondary N) is 2. The third-order valence-electron chi connectivity index (χ3n) is 3.91. The molecule has 0 aliphatic carbocycles. The first-order valence-electron chi connectivity index (χ1n) is 7.90. The third kappa shape index (κ3) is 3.84. The molecule has 0 spiro atoms. The van der Waals surface area contributed by atoms with Crippen molar-refractivity contribution in [2.75, 3.05) is 6.54 Å². The Balaban J connectivity index is 1.91. The van der Waals surface area contributed by atoms with E-state index in [1.807, 2.05) is 24.3 Å². The van der Waals surface area contributed by atoms with E-state index in [0.717, 1.165) is 10.0 Å². The van der Waals surface area contributed by atoms with Crippen LogP contribution in [-0.4, -0.2) is 22.0 Å². The molecule has 3 rings (SSSR count). The first-order valence-corrected chi connectivity index (χ1v) is 9.10. The zero-order chi connectivity index (χ0) is 18.7. The number of hydrogen-bond donors (Lipinski definition) is 2. The summed E-state index contributed by atoms with van der Waals surface area (Å²) >= 11 is 8.72. The van der Waals surface area contributed by atoms with Gasteiger partial charge in [-0.3, -0.25) is 14.2 Å². The second-order valence-electron chi connectivity index (χ2n) is 5.71. The normalized spacial score (nSPS) is 10.7. The molecule has 0 bridgehead atoms.